The summed E-state index contributed by atoms with van der Waals surface area (Å²) >= 11 is 0. The second kappa shape index (κ2) is 7.29. The molecule has 1 nitrogen and oxygen atoms in total. The topological polar surface area (TPSA) is 12.0 Å². The van der Waals surface area contributed by atoms with Crippen molar-refractivity contribution in [3.63, 3.8) is 0 Å². The fraction of sp³-hybridized carbons (Fsp3) is 0.333. The molecule has 1 unspecified atom stereocenters. The third kappa shape index (κ3) is 4.76. The number of fused-ring (bicyclic) bond motifs is 1. The van der Waals surface area contributed by atoms with Gasteiger partial charge in [-0.25, -0.2) is 0 Å². The molecule has 0 heterocycles. The van der Waals surface area contributed by atoms with Crippen molar-refractivity contribution in [1.82, 2.24) is 5.32 Å². The van der Waals surface area contributed by atoms with E-state index in [0.717, 1.165) is 6.54 Å². The summed E-state index contributed by atoms with van der Waals surface area (Å²) in [6.45, 7) is 9.39. The molecule has 0 aromatic heterocycles. The van der Waals surface area contributed by atoms with Gasteiger partial charge in [0.15, 0.2) is 0 Å². The molecule has 1 heteroatoms. The van der Waals surface area contributed by atoms with E-state index in [-0.39, 0.29) is 5.41 Å². The van der Waals surface area contributed by atoms with Gasteiger partial charge in [0, 0.05) is 18.0 Å². The van der Waals surface area contributed by atoms with Gasteiger partial charge in [-0.1, -0.05) is 60.4 Å². The second-order valence-electron chi connectivity index (χ2n) is 6.62. The van der Waals surface area contributed by atoms with Gasteiger partial charge in [0.25, 0.3) is 0 Å². The average molecular weight is 291 g/mol. The summed E-state index contributed by atoms with van der Waals surface area (Å²) in [5.74, 6) is 6.30. The minimum absolute atomic E-state index is 0.0635. The first-order chi connectivity index (χ1) is 10.5. The van der Waals surface area contributed by atoms with Crippen LogP contribution in [0.1, 0.15) is 39.3 Å². The van der Waals surface area contributed by atoms with Crippen LogP contribution >= 0.6 is 0 Å². The van der Waals surface area contributed by atoms with Crippen LogP contribution in [0.4, 0.5) is 0 Å². The van der Waals surface area contributed by atoms with Crippen LogP contribution in [0, 0.1) is 17.3 Å². The summed E-state index contributed by atoms with van der Waals surface area (Å²) in [6, 6.07) is 15.3. The number of allylic oxidation sites excluding steroid dienone is 1. The van der Waals surface area contributed by atoms with E-state index in [0.29, 0.717) is 6.04 Å². The molecule has 0 bridgehead atoms. The Morgan fingerprint density at radius 3 is 2.59 bits per heavy atom. The van der Waals surface area contributed by atoms with Crippen molar-refractivity contribution in [3.8, 4) is 11.8 Å². The van der Waals surface area contributed by atoms with E-state index in [1.807, 2.05) is 6.08 Å². The fourth-order valence-electron chi connectivity index (χ4n) is 2.36. The maximum absolute atomic E-state index is 3.53. The molecule has 0 aliphatic carbocycles. The highest BCUT2D eigenvalue weighted by Gasteiger charge is 2.07. The molecule has 0 amide bonds. The van der Waals surface area contributed by atoms with Crippen LogP contribution in [0.3, 0.4) is 0 Å². The molecule has 0 spiro atoms. The summed E-state index contributed by atoms with van der Waals surface area (Å²) in [5.41, 5.74) is 1.40. The maximum Gasteiger partial charge on any atom is 0.0300 e. The Balaban J connectivity index is 1.98. The van der Waals surface area contributed by atoms with Crippen LogP contribution in [-0.2, 0) is 0 Å². The Kier molecular flexibility index (Phi) is 5.41. The van der Waals surface area contributed by atoms with Crippen molar-refractivity contribution >= 4 is 10.8 Å². The first-order valence-corrected chi connectivity index (χ1v) is 7.86. The van der Waals surface area contributed by atoms with Gasteiger partial charge in [0.1, 0.15) is 0 Å². The van der Waals surface area contributed by atoms with E-state index in [1.54, 1.807) is 0 Å². The SMILES string of the molecule is CC(NC/C=C\C#CC(C)(C)C)c1cccc2ccccc12. The van der Waals surface area contributed by atoms with Gasteiger partial charge in [-0.15, -0.1) is 0 Å². The smallest absolute Gasteiger partial charge is 0.0300 e. The maximum atomic E-state index is 3.53. The van der Waals surface area contributed by atoms with Crippen LogP contribution in [0.5, 0.6) is 0 Å². The van der Waals surface area contributed by atoms with E-state index in [2.05, 4.69) is 93.4 Å². The Labute approximate surface area is 134 Å². The van der Waals surface area contributed by atoms with Gasteiger partial charge in [0.05, 0.1) is 0 Å². The average Bonchev–Trinajstić information content (AvgIpc) is 2.49. The van der Waals surface area contributed by atoms with Gasteiger partial charge < -0.3 is 5.32 Å². The molecule has 2 aromatic carbocycles. The molecule has 0 aliphatic rings. The molecule has 22 heavy (non-hydrogen) atoms. The van der Waals surface area contributed by atoms with Gasteiger partial charge in [-0.3, -0.25) is 0 Å². The minimum Gasteiger partial charge on any atom is -0.307 e. The van der Waals surface area contributed by atoms with Crippen molar-refractivity contribution in [2.45, 2.75) is 33.7 Å². The quantitative estimate of drug-likeness (QED) is 0.773. The Morgan fingerprint density at radius 1 is 1.09 bits per heavy atom. The zero-order chi connectivity index (χ0) is 16.0. The lowest BCUT2D eigenvalue weighted by molar-refractivity contribution is 0.571. The molecular weight excluding hydrogens is 266 g/mol. The summed E-state index contributed by atoms with van der Waals surface area (Å²) < 4.78 is 0. The van der Waals surface area contributed by atoms with Crippen molar-refractivity contribution < 1.29 is 0 Å². The molecule has 0 radical (unpaired) electrons. The third-order valence-electron chi connectivity index (χ3n) is 3.48. The van der Waals surface area contributed by atoms with E-state index in [4.69, 9.17) is 0 Å². The number of hydrogen-bond acceptors (Lipinski definition) is 1. The Bertz CT molecular complexity index is 702. The molecule has 1 N–H and O–H groups in total. The number of rotatable bonds is 4. The van der Waals surface area contributed by atoms with Crippen LogP contribution < -0.4 is 5.32 Å². The summed E-state index contributed by atoms with van der Waals surface area (Å²) in [7, 11) is 0. The highest BCUT2D eigenvalue weighted by atomic mass is 14.9. The summed E-state index contributed by atoms with van der Waals surface area (Å²) in [5, 5.41) is 6.15. The van der Waals surface area contributed by atoms with Gasteiger partial charge >= 0.3 is 0 Å². The van der Waals surface area contributed by atoms with Crippen molar-refractivity contribution in [2.24, 2.45) is 5.41 Å². The molecule has 0 saturated carbocycles. The molecule has 0 aliphatic heterocycles. The monoisotopic (exact) mass is 291 g/mol. The molecular formula is C21H25N. The highest BCUT2D eigenvalue weighted by Crippen LogP contribution is 2.23. The van der Waals surface area contributed by atoms with Crippen molar-refractivity contribution in [3.05, 3.63) is 60.2 Å². The lowest BCUT2D eigenvalue weighted by Crippen LogP contribution is -2.18. The normalized spacial score (nSPS) is 13.1. The molecule has 1 atom stereocenters. The third-order valence-corrected chi connectivity index (χ3v) is 3.48. The van der Waals surface area contributed by atoms with E-state index in [1.165, 1.54) is 16.3 Å². The summed E-state index contributed by atoms with van der Waals surface area (Å²) in [4.78, 5) is 0. The first kappa shape index (κ1) is 16.3. The lowest BCUT2D eigenvalue weighted by atomic mass is 9.98. The molecule has 2 aromatic rings. The lowest BCUT2D eigenvalue weighted by Gasteiger charge is -2.15. The standard InChI is InChI=1S/C21H25N/c1-17(22-16-9-5-8-15-21(2,3)4)19-14-10-12-18-11-6-7-13-20(18)19/h5-7,9-14,17,22H,16H2,1-4H3/b9-5-. The highest BCUT2D eigenvalue weighted by molar-refractivity contribution is 5.86. The van der Waals surface area contributed by atoms with Gasteiger partial charge in [-0.2, -0.15) is 0 Å². The number of nitrogens with one attached hydrogen (secondary N) is 1. The van der Waals surface area contributed by atoms with Crippen molar-refractivity contribution in [2.75, 3.05) is 6.54 Å². The van der Waals surface area contributed by atoms with Crippen LogP contribution in [-0.4, -0.2) is 6.54 Å². The summed E-state index contributed by atoms with van der Waals surface area (Å²) in [6.07, 6.45) is 4.02. The Hall–Kier alpha value is -2.04. The van der Waals surface area contributed by atoms with E-state index >= 15 is 0 Å². The predicted molar refractivity (Wildman–Crippen MR) is 96.7 cm³/mol. The van der Waals surface area contributed by atoms with Crippen LogP contribution in [0.2, 0.25) is 0 Å². The van der Waals surface area contributed by atoms with Crippen molar-refractivity contribution in [1.29, 1.82) is 0 Å². The largest absolute Gasteiger partial charge is 0.307 e. The van der Waals surface area contributed by atoms with Gasteiger partial charge in [0.2, 0.25) is 0 Å². The zero-order valence-electron chi connectivity index (χ0n) is 14.0. The molecule has 0 fully saturated rings. The number of hydrogen-bond donors (Lipinski definition) is 1. The minimum atomic E-state index is 0.0635. The zero-order valence-corrected chi connectivity index (χ0v) is 14.0. The van der Waals surface area contributed by atoms with Crippen LogP contribution in [0.25, 0.3) is 10.8 Å². The van der Waals surface area contributed by atoms with Gasteiger partial charge in [-0.05, 0) is 50.1 Å². The molecule has 2 rings (SSSR count). The van der Waals surface area contributed by atoms with E-state index in [9.17, 15) is 0 Å². The second-order valence-corrected chi connectivity index (χ2v) is 6.62. The van der Waals surface area contributed by atoms with E-state index < -0.39 is 0 Å². The number of benzene rings is 2. The Morgan fingerprint density at radius 2 is 1.82 bits per heavy atom. The fourth-order valence-corrected chi connectivity index (χ4v) is 2.36. The molecule has 114 valence electrons. The molecule has 0 saturated heterocycles. The first-order valence-electron chi connectivity index (χ1n) is 7.86. The van der Waals surface area contributed by atoms with Crippen LogP contribution in [0.15, 0.2) is 54.6 Å². The predicted octanol–water partition coefficient (Wildman–Crippen LogP) is 5.10.